The van der Waals surface area contributed by atoms with Gasteiger partial charge < -0.3 is 9.57 Å². The van der Waals surface area contributed by atoms with E-state index in [0.717, 1.165) is 43.6 Å². The molecule has 0 aromatic heterocycles. The Labute approximate surface area is 167 Å². The SMILES string of the molecule is COC[C@@H]1CCCN1N1C(c2ccccc2)=NO[C@@]1(C)CCc1ccccc1. The number of hydrogen-bond acceptors (Lipinski definition) is 5. The first-order chi connectivity index (χ1) is 13.7. The number of methoxy groups -OCH3 is 1. The van der Waals surface area contributed by atoms with Crippen LogP contribution in [0.1, 0.15) is 37.3 Å². The van der Waals surface area contributed by atoms with E-state index in [4.69, 9.17) is 9.57 Å². The van der Waals surface area contributed by atoms with Crippen molar-refractivity contribution in [3.05, 3.63) is 71.8 Å². The van der Waals surface area contributed by atoms with Gasteiger partial charge in [-0.25, -0.2) is 10.0 Å². The Bertz CT molecular complexity index is 796. The Morgan fingerprint density at radius 1 is 1.11 bits per heavy atom. The summed E-state index contributed by atoms with van der Waals surface area (Å²) in [7, 11) is 1.78. The molecule has 4 rings (SSSR count). The lowest BCUT2D eigenvalue weighted by atomic mass is 10.0. The van der Waals surface area contributed by atoms with Crippen LogP contribution in [0.25, 0.3) is 0 Å². The number of oxime groups is 1. The quantitative estimate of drug-likeness (QED) is 0.727. The molecule has 2 heterocycles. The molecule has 1 fully saturated rings. The van der Waals surface area contributed by atoms with E-state index in [0.29, 0.717) is 12.6 Å². The Morgan fingerprint density at radius 3 is 2.54 bits per heavy atom. The van der Waals surface area contributed by atoms with E-state index in [9.17, 15) is 0 Å². The molecule has 28 heavy (non-hydrogen) atoms. The predicted octanol–water partition coefficient (Wildman–Crippen LogP) is 4.06. The van der Waals surface area contributed by atoms with Gasteiger partial charge in [0.05, 0.1) is 12.6 Å². The van der Waals surface area contributed by atoms with E-state index in [1.54, 1.807) is 7.11 Å². The molecule has 0 radical (unpaired) electrons. The molecule has 0 amide bonds. The summed E-state index contributed by atoms with van der Waals surface area (Å²) in [5.41, 5.74) is 1.88. The molecular weight excluding hydrogens is 350 g/mol. The summed E-state index contributed by atoms with van der Waals surface area (Å²) in [6, 6.07) is 21.2. The highest BCUT2D eigenvalue weighted by molar-refractivity contribution is 5.99. The van der Waals surface area contributed by atoms with E-state index in [1.165, 1.54) is 5.56 Å². The third kappa shape index (κ3) is 3.77. The number of aryl methyl sites for hydroxylation is 1. The highest BCUT2D eigenvalue weighted by Gasteiger charge is 2.48. The summed E-state index contributed by atoms with van der Waals surface area (Å²) in [5.74, 6) is 0.888. The van der Waals surface area contributed by atoms with Crippen LogP contribution < -0.4 is 0 Å². The van der Waals surface area contributed by atoms with Gasteiger partial charge in [-0.1, -0.05) is 65.8 Å². The maximum atomic E-state index is 6.11. The van der Waals surface area contributed by atoms with Crippen molar-refractivity contribution in [1.82, 2.24) is 10.0 Å². The zero-order valence-electron chi connectivity index (χ0n) is 16.8. The Morgan fingerprint density at radius 2 is 1.82 bits per heavy atom. The second-order valence-electron chi connectivity index (χ2n) is 7.76. The monoisotopic (exact) mass is 379 g/mol. The van der Waals surface area contributed by atoms with Gasteiger partial charge >= 0.3 is 0 Å². The number of hydrogen-bond donors (Lipinski definition) is 0. The number of amidine groups is 1. The van der Waals surface area contributed by atoms with Crippen molar-refractivity contribution in [2.45, 2.75) is 44.4 Å². The normalized spacial score (nSPS) is 25.0. The average Bonchev–Trinajstić information content (AvgIpc) is 3.32. The topological polar surface area (TPSA) is 37.3 Å². The highest BCUT2D eigenvalue weighted by atomic mass is 16.7. The first-order valence-corrected chi connectivity index (χ1v) is 10.1. The number of nitrogens with zero attached hydrogens (tertiary/aromatic N) is 3. The molecule has 0 N–H and O–H groups in total. The van der Waals surface area contributed by atoms with Gasteiger partial charge in [0.1, 0.15) is 0 Å². The minimum atomic E-state index is -0.517. The molecule has 2 aliphatic rings. The van der Waals surface area contributed by atoms with E-state index in [1.807, 2.05) is 18.2 Å². The fourth-order valence-corrected chi connectivity index (χ4v) is 4.22. The molecule has 0 bridgehead atoms. The molecule has 0 spiro atoms. The van der Waals surface area contributed by atoms with E-state index in [2.05, 4.69) is 64.6 Å². The number of rotatable bonds is 7. The van der Waals surface area contributed by atoms with Crippen LogP contribution in [-0.4, -0.2) is 47.9 Å². The summed E-state index contributed by atoms with van der Waals surface area (Å²) in [4.78, 5) is 6.11. The van der Waals surface area contributed by atoms with Crippen molar-refractivity contribution in [2.24, 2.45) is 5.16 Å². The summed E-state index contributed by atoms with van der Waals surface area (Å²) in [5, 5.41) is 9.26. The third-order valence-electron chi connectivity index (χ3n) is 5.69. The van der Waals surface area contributed by atoms with Crippen LogP contribution >= 0.6 is 0 Å². The third-order valence-corrected chi connectivity index (χ3v) is 5.69. The van der Waals surface area contributed by atoms with Gasteiger partial charge in [-0.15, -0.1) is 0 Å². The molecule has 5 heteroatoms. The zero-order chi connectivity index (χ0) is 19.4. The van der Waals surface area contributed by atoms with E-state index < -0.39 is 5.72 Å². The fraction of sp³-hybridized carbons (Fsp3) is 0.435. The van der Waals surface area contributed by atoms with E-state index in [-0.39, 0.29) is 0 Å². The van der Waals surface area contributed by atoms with Crippen molar-refractivity contribution >= 4 is 5.84 Å². The molecule has 5 nitrogen and oxygen atoms in total. The fourth-order valence-electron chi connectivity index (χ4n) is 4.22. The standard InChI is InChI=1S/C23H29N3O2/c1-23(16-15-19-10-5-3-6-11-19)26(25-17-9-14-21(25)18-27-2)22(24-28-23)20-12-7-4-8-13-20/h3-8,10-13,21H,9,14-18H2,1-2H3/t21-,23-/m0/s1. The predicted molar refractivity (Wildman–Crippen MR) is 111 cm³/mol. The molecule has 2 aromatic carbocycles. The summed E-state index contributed by atoms with van der Waals surface area (Å²) < 4.78 is 5.50. The summed E-state index contributed by atoms with van der Waals surface area (Å²) in [6.45, 7) is 3.86. The van der Waals surface area contributed by atoms with Crippen molar-refractivity contribution in [3.63, 3.8) is 0 Å². The van der Waals surface area contributed by atoms with Gasteiger partial charge in [-0.3, -0.25) is 0 Å². The molecule has 2 aliphatic heterocycles. The van der Waals surface area contributed by atoms with E-state index >= 15 is 0 Å². The van der Waals surface area contributed by atoms with Crippen LogP contribution in [0.3, 0.4) is 0 Å². The van der Waals surface area contributed by atoms with Gasteiger partial charge in [0.25, 0.3) is 0 Å². The van der Waals surface area contributed by atoms with Crippen molar-refractivity contribution in [1.29, 1.82) is 0 Å². The molecule has 0 saturated carbocycles. The molecule has 0 unspecified atom stereocenters. The average molecular weight is 380 g/mol. The minimum Gasteiger partial charge on any atom is -0.383 e. The van der Waals surface area contributed by atoms with Crippen LogP contribution in [0.2, 0.25) is 0 Å². The lowest BCUT2D eigenvalue weighted by molar-refractivity contribution is -0.175. The largest absolute Gasteiger partial charge is 0.383 e. The lowest BCUT2D eigenvalue weighted by Gasteiger charge is -2.42. The molecule has 148 valence electrons. The van der Waals surface area contributed by atoms with Crippen molar-refractivity contribution in [3.8, 4) is 0 Å². The van der Waals surface area contributed by atoms with Gasteiger partial charge in [-0.2, -0.15) is 0 Å². The van der Waals surface area contributed by atoms with Crippen molar-refractivity contribution < 1.29 is 9.57 Å². The second kappa shape index (κ2) is 8.33. The van der Waals surface area contributed by atoms with Crippen LogP contribution in [0.15, 0.2) is 65.8 Å². The van der Waals surface area contributed by atoms with Crippen molar-refractivity contribution in [2.75, 3.05) is 20.3 Å². The summed E-state index contributed by atoms with van der Waals surface area (Å²) in [6.07, 6.45) is 4.07. The van der Waals surface area contributed by atoms with Gasteiger partial charge in [0, 0.05) is 25.6 Å². The Balaban J connectivity index is 1.62. The molecule has 1 saturated heterocycles. The van der Waals surface area contributed by atoms with Gasteiger partial charge in [0.15, 0.2) is 5.84 Å². The first-order valence-electron chi connectivity index (χ1n) is 10.1. The van der Waals surface area contributed by atoms with Crippen LogP contribution in [-0.2, 0) is 16.0 Å². The smallest absolute Gasteiger partial charge is 0.222 e. The van der Waals surface area contributed by atoms with Crippen LogP contribution in [0.5, 0.6) is 0 Å². The van der Waals surface area contributed by atoms with Gasteiger partial charge in [0.2, 0.25) is 5.72 Å². The highest BCUT2D eigenvalue weighted by Crippen LogP contribution is 2.36. The lowest BCUT2D eigenvalue weighted by Crippen LogP contribution is -2.58. The second-order valence-corrected chi connectivity index (χ2v) is 7.76. The summed E-state index contributed by atoms with van der Waals surface area (Å²) >= 11 is 0. The Hall–Kier alpha value is -2.37. The maximum absolute atomic E-state index is 6.11. The number of benzene rings is 2. The minimum absolute atomic E-state index is 0.344. The number of ether oxygens (including phenoxy) is 1. The molecular formula is C23H29N3O2. The maximum Gasteiger partial charge on any atom is 0.222 e. The molecule has 0 aliphatic carbocycles. The number of hydrazine groups is 1. The Kier molecular flexibility index (Phi) is 5.64. The molecule has 2 atom stereocenters. The molecule has 2 aromatic rings. The van der Waals surface area contributed by atoms with Gasteiger partial charge in [-0.05, 0) is 31.7 Å². The van der Waals surface area contributed by atoms with Crippen LogP contribution in [0, 0.1) is 0 Å². The zero-order valence-corrected chi connectivity index (χ0v) is 16.8. The van der Waals surface area contributed by atoms with Crippen LogP contribution in [0.4, 0.5) is 0 Å². The first kappa shape index (κ1) is 19.0.